The van der Waals surface area contributed by atoms with E-state index < -0.39 is 0 Å². The van der Waals surface area contributed by atoms with Gasteiger partial charge in [-0.05, 0) is 62.6 Å². The van der Waals surface area contributed by atoms with E-state index in [1.54, 1.807) is 24.4 Å². The number of rotatable bonds is 3. The first-order valence-electron chi connectivity index (χ1n) is 10.3. The second-order valence-electron chi connectivity index (χ2n) is 8.55. The molecule has 1 aliphatic rings. The van der Waals surface area contributed by atoms with Crippen molar-refractivity contribution in [2.45, 2.75) is 37.2 Å². The molecule has 0 aliphatic carbocycles. The maximum atomic E-state index is 8.38. The Balaban J connectivity index is 0.000000217. The van der Waals surface area contributed by atoms with Crippen LogP contribution in [0.3, 0.4) is 0 Å². The maximum absolute atomic E-state index is 8.38. The number of benzene rings is 1. The van der Waals surface area contributed by atoms with Gasteiger partial charge in [0.2, 0.25) is 0 Å². The fourth-order valence-corrected chi connectivity index (χ4v) is 4.28. The molecule has 6 nitrogen and oxygen atoms in total. The molecule has 1 fully saturated rings. The molecule has 1 saturated heterocycles. The van der Waals surface area contributed by atoms with Crippen molar-refractivity contribution in [3.05, 3.63) is 66.6 Å². The van der Waals surface area contributed by atoms with Gasteiger partial charge in [-0.25, -0.2) is 4.98 Å². The molecule has 0 amide bonds. The number of H-pyrrole nitrogens is 1. The van der Waals surface area contributed by atoms with Crippen molar-refractivity contribution >= 4 is 23.7 Å². The first-order valence-corrected chi connectivity index (χ1v) is 10.8. The van der Waals surface area contributed by atoms with Crippen LogP contribution in [-0.2, 0) is 6.54 Å². The van der Waals surface area contributed by atoms with Crippen LogP contribution in [0.5, 0.6) is 0 Å². The van der Waals surface area contributed by atoms with E-state index in [1.165, 1.54) is 11.9 Å². The molecule has 158 valence electrons. The van der Waals surface area contributed by atoms with Gasteiger partial charge in [-0.2, -0.15) is 10.4 Å². The number of nitriles is 1. The predicted octanol–water partition coefficient (Wildman–Crippen LogP) is 4.66. The molecular formula is C24H26N6S. The first kappa shape index (κ1) is 21.2. The molecule has 1 aromatic carbocycles. The Morgan fingerprint density at radius 2 is 2.13 bits per heavy atom. The second-order valence-corrected chi connectivity index (χ2v) is 9.07. The summed E-state index contributed by atoms with van der Waals surface area (Å²) in [6.07, 6.45) is 7.05. The topological polar surface area (TPSA) is 82.3 Å². The van der Waals surface area contributed by atoms with Crippen molar-refractivity contribution in [1.82, 2.24) is 25.1 Å². The third kappa shape index (κ3) is 5.16. The molecule has 2 N–H and O–H groups in total. The predicted molar refractivity (Wildman–Crippen MR) is 126 cm³/mol. The summed E-state index contributed by atoms with van der Waals surface area (Å²) in [6, 6.07) is 15.5. The summed E-state index contributed by atoms with van der Waals surface area (Å²) >= 11 is 4.06. The average molecular weight is 431 g/mol. The lowest BCUT2D eigenvalue weighted by molar-refractivity contribution is 0.421. The third-order valence-corrected chi connectivity index (χ3v) is 5.79. The van der Waals surface area contributed by atoms with Gasteiger partial charge in [-0.1, -0.05) is 6.07 Å². The summed E-state index contributed by atoms with van der Waals surface area (Å²) in [5.74, 6) is 0.680. The minimum atomic E-state index is 0.264. The molecule has 1 aliphatic heterocycles. The molecule has 7 heteroatoms. The maximum Gasteiger partial charge on any atom is 0.0992 e. The molecule has 0 saturated carbocycles. The number of thiol groups is 1. The number of nitrogens with zero attached hydrogens (tertiary/aromatic N) is 4. The van der Waals surface area contributed by atoms with Gasteiger partial charge in [-0.15, -0.1) is 12.6 Å². The Labute approximate surface area is 187 Å². The Morgan fingerprint density at radius 3 is 2.77 bits per heavy atom. The fraction of sp³-hybridized carbons (Fsp3) is 0.292. The van der Waals surface area contributed by atoms with Gasteiger partial charge in [0.15, 0.2) is 0 Å². The van der Waals surface area contributed by atoms with E-state index in [4.69, 9.17) is 10.2 Å². The van der Waals surface area contributed by atoms with Crippen LogP contribution in [0.25, 0.3) is 22.3 Å². The molecule has 0 radical (unpaired) electrons. The van der Waals surface area contributed by atoms with E-state index in [9.17, 15) is 0 Å². The number of hydrogen-bond donors (Lipinski definition) is 3. The normalized spacial score (nSPS) is 17.2. The van der Waals surface area contributed by atoms with Crippen LogP contribution in [0.4, 0.5) is 0 Å². The van der Waals surface area contributed by atoms with Crippen molar-refractivity contribution in [3.63, 3.8) is 0 Å². The number of nitrogens with one attached hydrogen (secondary N) is 2. The number of pyridine rings is 1. The second kappa shape index (κ2) is 8.96. The SMILES string of the molecule is CC1(C)CC(Cn2ccc3nc(-c4cn[nH]c4)ccc32)CN1.N#Cc1cccc(S)c1. The van der Waals surface area contributed by atoms with Crippen LogP contribution in [0.1, 0.15) is 25.8 Å². The number of aromatic amines is 1. The molecule has 3 aromatic heterocycles. The minimum absolute atomic E-state index is 0.264. The van der Waals surface area contributed by atoms with Crippen LogP contribution >= 0.6 is 12.6 Å². The summed E-state index contributed by atoms with van der Waals surface area (Å²) in [5, 5.41) is 18.8. The van der Waals surface area contributed by atoms with Crippen LogP contribution in [-0.4, -0.2) is 31.8 Å². The van der Waals surface area contributed by atoms with E-state index in [0.29, 0.717) is 11.5 Å². The average Bonchev–Trinajstić information content (AvgIpc) is 3.49. The smallest absolute Gasteiger partial charge is 0.0992 e. The Kier molecular flexibility index (Phi) is 6.12. The Bertz CT molecular complexity index is 1200. The van der Waals surface area contributed by atoms with E-state index in [-0.39, 0.29) is 5.54 Å². The molecule has 4 heterocycles. The highest BCUT2D eigenvalue weighted by Gasteiger charge is 2.30. The van der Waals surface area contributed by atoms with Crippen molar-refractivity contribution < 1.29 is 0 Å². The summed E-state index contributed by atoms with van der Waals surface area (Å²) in [7, 11) is 0. The summed E-state index contributed by atoms with van der Waals surface area (Å²) < 4.78 is 2.33. The Hall–Kier alpha value is -3.08. The lowest BCUT2D eigenvalue weighted by atomic mass is 9.97. The lowest BCUT2D eigenvalue weighted by Gasteiger charge is -2.17. The van der Waals surface area contributed by atoms with E-state index in [2.05, 4.69) is 71.0 Å². The standard InChI is InChI=1S/C17H21N5.C7H5NS/c1-17(2)7-12(8-18-17)11-22-6-5-15-16(22)4-3-14(21-15)13-9-19-20-10-13;8-5-6-2-1-3-7(9)4-6/h3-6,9-10,12,18H,7-8,11H2,1-2H3,(H,19,20);1-4,9H. The summed E-state index contributed by atoms with van der Waals surface area (Å²) in [4.78, 5) is 5.57. The van der Waals surface area contributed by atoms with Crippen LogP contribution in [0.2, 0.25) is 0 Å². The number of fused-ring (bicyclic) bond motifs is 1. The molecule has 5 rings (SSSR count). The van der Waals surface area contributed by atoms with Crippen molar-refractivity contribution in [3.8, 4) is 17.3 Å². The largest absolute Gasteiger partial charge is 0.346 e. The van der Waals surface area contributed by atoms with Crippen molar-refractivity contribution in [2.24, 2.45) is 5.92 Å². The molecular weight excluding hydrogens is 404 g/mol. The number of aromatic nitrogens is 4. The molecule has 0 spiro atoms. The van der Waals surface area contributed by atoms with E-state index in [0.717, 1.165) is 34.8 Å². The fourth-order valence-electron chi connectivity index (χ4n) is 4.05. The van der Waals surface area contributed by atoms with Crippen molar-refractivity contribution in [2.75, 3.05) is 6.54 Å². The lowest BCUT2D eigenvalue weighted by Crippen LogP contribution is -2.31. The van der Waals surface area contributed by atoms with Gasteiger partial charge in [0.1, 0.15) is 0 Å². The zero-order valence-corrected chi connectivity index (χ0v) is 18.6. The quantitative estimate of drug-likeness (QED) is 0.413. The monoisotopic (exact) mass is 430 g/mol. The summed E-state index contributed by atoms with van der Waals surface area (Å²) in [6.45, 7) is 6.69. The summed E-state index contributed by atoms with van der Waals surface area (Å²) in [5.41, 5.74) is 5.16. The van der Waals surface area contributed by atoms with E-state index >= 15 is 0 Å². The minimum Gasteiger partial charge on any atom is -0.346 e. The van der Waals surface area contributed by atoms with Gasteiger partial charge in [0.25, 0.3) is 0 Å². The van der Waals surface area contributed by atoms with Gasteiger partial charge in [0, 0.05) is 41.5 Å². The highest BCUT2D eigenvalue weighted by atomic mass is 32.1. The Morgan fingerprint density at radius 1 is 1.26 bits per heavy atom. The van der Waals surface area contributed by atoms with Crippen LogP contribution in [0, 0.1) is 17.2 Å². The zero-order valence-electron chi connectivity index (χ0n) is 17.7. The van der Waals surface area contributed by atoms with E-state index in [1.807, 2.05) is 18.3 Å². The van der Waals surface area contributed by atoms with Crippen molar-refractivity contribution in [1.29, 1.82) is 5.26 Å². The molecule has 1 atom stereocenters. The number of hydrogen-bond acceptors (Lipinski definition) is 5. The first-order chi connectivity index (χ1) is 14.9. The third-order valence-electron chi connectivity index (χ3n) is 5.52. The van der Waals surface area contributed by atoms with Gasteiger partial charge >= 0.3 is 0 Å². The highest BCUT2D eigenvalue weighted by molar-refractivity contribution is 7.80. The highest BCUT2D eigenvalue weighted by Crippen LogP contribution is 2.27. The molecule has 1 unspecified atom stereocenters. The van der Waals surface area contributed by atoms with Crippen LogP contribution < -0.4 is 5.32 Å². The van der Waals surface area contributed by atoms with Crippen LogP contribution in [0.15, 0.2) is 66.0 Å². The molecule has 4 aromatic rings. The van der Waals surface area contributed by atoms with Gasteiger partial charge in [0.05, 0.1) is 34.6 Å². The van der Waals surface area contributed by atoms with Gasteiger partial charge in [-0.3, -0.25) is 5.10 Å². The molecule has 0 bridgehead atoms. The van der Waals surface area contributed by atoms with Gasteiger partial charge < -0.3 is 9.88 Å². The zero-order chi connectivity index (χ0) is 21.8. The molecule has 31 heavy (non-hydrogen) atoms.